The zero-order chi connectivity index (χ0) is 27.8. The van der Waals surface area contributed by atoms with Gasteiger partial charge in [0.2, 0.25) is 0 Å². The SMILES string of the molecule is C=C1/C(=C\C=C2/CCC[C@]3(C)[C@@H](C(C)(C)/C=C/C(=O)C(C)(C)C(=O)OC(C)C)CC[C@@H]23)C[C@@H](O)C[C@@H]1O. The molecule has 0 heterocycles. The molecule has 206 valence electrons. The summed E-state index contributed by atoms with van der Waals surface area (Å²) in [6.07, 6.45) is 12.9. The lowest BCUT2D eigenvalue weighted by Gasteiger charge is -2.47. The molecule has 0 saturated heterocycles. The normalized spacial score (nSPS) is 33.4. The molecule has 5 nitrogen and oxygen atoms in total. The Kier molecular flexibility index (Phi) is 8.81. The van der Waals surface area contributed by atoms with Crippen LogP contribution in [0.3, 0.4) is 0 Å². The molecule has 0 aliphatic heterocycles. The molecule has 0 unspecified atom stereocenters. The molecule has 0 aromatic heterocycles. The summed E-state index contributed by atoms with van der Waals surface area (Å²) < 4.78 is 5.31. The van der Waals surface area contributed by atoms with Gasteiger partial charge in [-0.15, -0.1) is 0 Å². The molecule has 3 aliphatic rings. The molecule has 5 atom stereocenters. The van der Waals surface area contributed by atoms with E-state index in [1.165, 1.54) is 5.57 Å². The number of carbonyl (C=O) groups is 2. The minimum absolute atomic E-state index is 0.119. The summed E-state index contributed by atoms with van der Waals surface area (Å²) in [4.78, 5) is 25.5. The van der Waals surface area contributed by atoms with Crippen LogP contribution in [-0.2, 0) is 14.3 Å². The van der Waals surface area contributed by atoms with Gasteiger partial charge >= 0.3 is 5.97 Å². The highest BCUT2D eigenvalue weighted by atomic mass is 16.5. The second kappa shape index (κ2) is 11.0. The first-order valence-electron chi connectivity index (χ1n) is 14.0. The predicted molar refractivity (Wildman–Crippen MR) is 148 cm³/mol. The summed E-state index contributed by atoms with van der Waals surface area (Å²) >= 11 is 0. The van der Waals surface area contributed by atoms with E-state index < -0.39 is 23.6 Å². The van der Waals surface area contributed by atoms with E-state index in [1.807, 2.05) is 6.08 Å². The molecule has 0 radical (unpaired) electrons. The van der Waals surface area contributed by atoms with Crippen molar-refractivity contribution in [2.75, 3.05) is 0 Å². The molecule has 0 bridgehead atoms. The number of carbonyl (C=O) groups excluding carboxylic acids is 2. The number of ether oxygens (including phenoxy) is 1. The topological polar surface area (TPSA) is 83.8 Å². The van der Waals surface area contributed by atoms with Crippen molar-refractivity contribution < 1.29 is 24.5 Å². The van der Waals surface area contributed by atoms with Crippen molar-refractivity contribution in [3.63, 3.8) is 0 Å². The fourth-order valence-electron chi connectivity index (χ4n) is 7.00. The average Bonchev–Trinajstić information content (AvgIpc) is 3.16. The average molecular weight is 513 g/mol. The molecule has 3 rings (SSSR count). The van der Waals surface area contributed by atoms with E-state index >= 15 is 0 Å². The summed E-state index contributed by atoms with van der Waals surface area (Å²) in [7, 11) is 0. The number of allylic oxidation sites excluding steroid dienone is 5. The first-order valence-corrected chi connectivity index (χ1v) is 14.0. The number of rotatable bonds is 7. The Hall–Kier alpha value is -1.98. The highest BCUT2D eigenvalue weighted by Gasteiger charge is 2.53. The van der Waals surface area contributed by atoms with Crippen molar-refractivity contribution in [2.45, 2.75) is 112 Å². The van der Waals surface area contributed by atoms with Gasteiger partial charge < -0.3 is 14.9 Å². The maximum absolute atomic E-state index is 13.0. The molecule has 3 aliphatic carbocycles. The maximum Gasteiger partial charge on any atom is 0.319 e. The van der Waals surface area contributed by atoms with E-state index in [1.54, 1.807) is 33.8 Å². The van der Waals surface area contributed by atoms with E-state index in [9.17, 15) is 19.8 Å². The molecular formula is C32H48O5. The van der Waals surface area contributed by atoms with Crippen LogP contribution in [0.25, 0.3) is 0 Å². The Bertz CT molecular complexity index is 995. The van der Waals surface area contributed by atoms with E-state index in [0.717, 1.165) is 43.3 Å². The monoisotopic (exact) mass is 512 g/mol. The largest absolute Gasteiger partial charge is 0.462 e. The Labute approximate surface area is 223 Å². The Morgan fingerprint density at radius 1 is 1.14 bits per heavy atom. The van der Waals surface area contributed by atoms with E-state index in [-0.39, 0.29) is 22.7 Å². The number of hydrogen-bond acceptors (Lipinski definition) is 5. The minimum Gasteiger partial charge on any atom is -0.462 e. The Balaban J connectivity index is 1.79. The molecule has 3 saturated carbocycles. The number of aliphatic hydroxyl groups excluding tert-OH is 2. The van der Waals surface area contributed by atoms with E-state index in [2.05, 4.69) is 39.5 Å². The number of hydrogen-bond donors (Lipinski definition) is 2. The van der Waals surface area contributed by atoms with E-state index in [0.29, 0.717) is 24.7 Å². The Morgan fingerprint density at radius 2 is 1.81 bits per heavy atom. The number of ketones is 1. The molecule has 37 heavy (non-hydrogen) atoms. The number of esters is 1. The fourth-order valence-corrected chi connectivity index (χ4v) is 7.00. The molecule has 2 N–H and O–H groups in total. The highest BCUT2D eigenvalue weighted by molar-refractivity contribution is 6.08. The van der Waals surface area contributed by atoms with Crippen molar-refractivity contribution in [3.05, 3.63) is 47.6 Å². The van der Waals surface area contributed by atoms with Gasteiger partial charge in [0.05, 0.1) is 18.3 Å². The maximum atomic E-state index is 13.0. The standard InChI is InChI=1S/C32H48O5/c1-20(2)37-29(36)31(6,7)28(35)15-17-30(4,5)27-14-13-25-22(10-9-16-32(25,27)8)11-12-23-18-24(33)19-26(34)21(23)3/h11-12,15,17,20,24-27,33-34H,3,9-10,13-14,16,18-19H2,1-2,4-8H3/b17-15+,22-11+,23-12-/t24-,25+,26+,27-,32+/m1/s1. The molecule has 5 heteroatoms. The summed E-state index contributed by atoms with van der Waals surface area (Å²) in [5, 5.41) is 20.3. The van der Waals surface area contributed by atoms with Crippen LogP contribution in [0, 0.1) is 28.1 Å². The third-order valence-electron chi connectivity index (χ3n) is 9.26. The molecule has 0 aromatic rings. The van der Waals surface area contributed by atoms with Crippen molar-refractivity contribution in [2.24, 2.45) is 28.1 Å². The summed E-state index contributed by atoms with van der Waals surface area (Å²) in [5.74, 6) is 0.165. The zero-order valence-electron chi connectivity index (χ0n) is 24.0. The van der Waals surface area contributed by atoms with Gasteiger partial charge in [-0.05, 0) is 106 Å². The molecule has 3 fully saturated rings. The van der Waals surface area contributed by atoms with Crippen molar-refractivity contribution in [1.29, 1.82) is 0 Å². The van der Waals surface area contributed by atoms with Crippen LogP contribution < -0.4 is 0 Å². The number of aliphatic hydroxyl groups is 2. The quantitative estimate of drug-likeness (QED) is 0.239. The van der Waals surface area contributed by atoms with Gasteiger partial charge in [-0.25, -0.2) is 0 Å². The van der Waals surface area contributed by atoms with Gasteiger partial charge in [-0.2, -0.15) is 0 Å². The summed E-state index contributed by atoms with van der Waals surface area (Å²) in [5.41, 5.74) is 1.82. The second-order valence-electron chi connectivity index (χ2n) is 13.2. The smallest absolute Gasteiger partial charge is 0.319 e. The van der Waals surface area contributed by atoms with Crippen LogP contribution in [0.1, 0.15) is 93.4 Å². The van der Waals surface area contributed by atoms with Crippen LogP contribution in [0.15, 0.2) is 47.6 Å². The molecule has 0 aromatic carbocycles. The van der Waals surface area contributed by atoms with Gasteiger partial charge in [0, 0.05) is 6.42 Å². The van der Waals surface area contributed by atoms with Crippen molar-refractivity contribution >= 4 is 11.8 Å². The van der Waals surface area contributed by atoms with Crippen LogP contribution in [-0.4, -0.2) is 40.3 Å². The van der Waals surface area contributed by atoms with Crippen LogP contribution in [0.5, 0.6) is 0 Å². The first-order chi connectivity index (χ1) is 17.1. The van der Waals surface area contributed by atoms with Crippen molar-refractivity contribution in [3.8, 4) is 0 Å². The van der Waals surface area contributed by atoms with Crippen molar-refractivity contribution in [1.82, 2.24) is 0 Å². The predicted octanol–water partition coefficient (Wildman–Crippen LogP) is 6.26. The molecule has 0 spiro atoms. The van der Waals surface area contributed by atoms with Gasteiger partial charge in [-0.1, -0.05) is 51.2 Å². The lowest BCUT2D eigenvalue weighted by Crippen LogP contribution is -2.40. The van der Waals surface area contributed by atoms with Gasteiger partial charge in [0.25, 0.3) is 0 Å². The number of fused-ring (bicyclic) bond motifs is 1. The lowest BCUT2D eigenvalue weighted by atomic mass is 9.57. The van der Waals surface area contributed by atoms with Crippen LogP contribution >= 0.6 is 0 Å². The van der Waals surface area contributed by atoms with Gasteiger partial charge in [0.15, 0.2) is 5.78 Å². The third kappa shape index (κ3) is 6.20. The fraction of sp³-hybridized carbons (Fsp3) is 0.688. The zero-order valence-corrected chi connectivity index (χ0v) is 24.0. The minimum atomic E-state index is -1.21. The third-order valence-corrected chi connectivity index (χ3v) is 9.26. The lowest BCUT2D eigenvalue weighted by molar-refractivity contribution is -0.160. The highest BCUT2D eigenvalue weighted by Crippen LogP contribution is 2.62. The summed E-state index contributed by atoms with van der Waals surface area (Å²) in [6, 6.07) is 0. The first kappa shape index (κ1) is 29.6. The van der Waals surface area contributed by atoms with Gasteiger partial charge in [-0.3, -0.25) is 9.59 Å². The second-order valence-corrected chi connectivity index (χ2v) is 13.2. The molecular weight excluding hydrogens is 464 g/mol. The molecule has 0 amide bonds. The summed E-state index contributed by atoms with van der Waals surface area (Å²) in [6.45, 7) is 17.7. The van der Waals surface area contributed by atoms with E-state index in [4.69, 9.17) is 4.74 Å². The van der Waals surface area contributed by atoms with Crippen LogP contribution in [0.2, 0.25) is 0 Å². The van der Waals surface area contributed by atoms with Gasteiger partial charge in [0.1, 0.15) is 5.41 Å². The van der Waals surface area contributed by atoms with Crippen LogP contribution in [0.4, 0.5) is 0 Å². The Morgan fingerprint density at radius 3 is 2.46 bits per heavy atom.